The molecule has 0 fully saturated rings. The highest BCUT2D eigenvalue weighted by molar-refractivity contribution is 5.76. The van der Waals surface area contributed by atoms with Crippen molar-refractivity contribution in [2.75, 3.05) is 28.4 Å². The summed E-state index contributed by atoms with van der Waals surface area (Å²) >= 11 is 0. The largest absolute Gasteiger partial charge is 0.493 e. The number of carbonyl (C=O) groups is 1. The average Bonchev–Trinajstić information content (AvgIpc) is 2.46. The van der Waals surface area contributed by atoms with Gasteiger partial charge in [-0.1, -0.05) is 6.07 Å². The van der Waals surface area contributed by atoms with E-state index in [1.54, 1.807) is 25.2 Å². The second-order valence-corrected chi connectivity index (χ2v) is 3.85. The molecule has 0 saturated heterocycles. The predicted molar refractivity (Wildman–Crippen MR) is 69.4 cm³/mol. The van der Waals surface area contributed by atoms with Crippen LogP contribution in [0.25, 0.3) is 0 Å². The number of benzene rings is 1. The highest BCUT2D eigenvalue weighted by Crippen LogP contribution is 2.31. The lowest BCUT2D eigenvalue weighted by Crippen LogP contribution is -2.40. The Morgan fingerprint density at radius 1 is 1.21 bits per heavy atom. The van der Waals surface area contributed by atoms with Crippen LogP contribution in [-0.4, -0.2) is 45.5 Å². The third kappa shape index (κ3) is 3.36. The van der Waals surface area contributed by atoms with Crippen molar-refractivity contribution in [3.8, 4) is 11.5 Å². The standard InChI is InChI=1S/C13H19NO5/c1-14-11(13(16)19-4)12(15)8-5-6-9(17-2)10(7-8)18-3/h5-7,11-12,14-15H,1-4H3/t11-,12-/m1/s1. The normalized spacial score (nSPS) is 13.5. The topological polar surface area (TPSA) is 77.0 Å². The van der Waals surface area contributed by atoms with Gasteiger partial charge in [0.2, 0.25) is 0 Å². The zero-order valence-electron chi connectivity index (χ0n) is 11.5. The summed E-state index contributed by atoms with van der Waals surface area (Å²) in [7, 11) is 5.88. The Bertz CT molecular complexity index is 435. The van der Waals surface area contributed by atoms with Gasteiger partial charge < -0.3 is 24.6 Å². The zero-order chi connectivity index (χ0) is 14.4. The molecule has 0 aromatic heterocycles. The van der Waals surface area contributed by atoms with Crippen LogP contribution in [0.3, 0.4) is 0 Å². The number of ether oxygens (including phenoxy) is 3. The molecule has 0 amide bonds. The van der Waals surface area contributed by atoms with Gasteiger partial charge in [0.1, 0.15) is 12.1 Å². The van der Waals surface area contributed by atoms with E-state index in [4.69, 9.17) is 9.47 Å². The molecule has 0 heterocycles. The first-order valence-electron chi connectivity index (χ1n) is 5.74. The Morgan fingerprint density at radius 3 is 2.32 bits per heavy atom. The summed E-state index contributed by atoms with van der Waals surface area (Å²) in [6.45, 7) is 0. The van der Waals surface area contributed by atoms with Crippen LogP contribution >= 0.6 is 0 Å². The Kier molecular flexibility index (Phi) is 5.59. The van der Waals surface area contributed by atoms with Crippen molar-refractivity contribution in [1.82, 2.24) is 5.32 Å². The maximum absolute atomic E-state index is 11.5. The minimum atomic E-state index is -1.04. The number of esters is 1. The molecule has 1 aromatic rings. The van der Waals surface area contributed by atoms with E-state index < -0.39 is 18.1 Å². The zero-order valence-corrected chi connectivity index (χ0v) is 11.5. The van der Waals surface area contributed by atoms with Gasteiger partial charge in [0.05, 0.1) is 21.3 Å². The smallest absolute Gasteiger partial charge is 0.325 e. The molecule has 0 aliphatic carbocycles. The second kappa shape index (κ2) is 6.96. The molecule has 0 spiro atoms. The molecule has 0 aliphatic rings. The van der Waals surface area contributed by atoms with Gasteiger partial charge in [0.25, 0.3) is 0 Å². The third-order valence-corrected chi connectivity index (χ3v) is 2.83. The Hall–Kier alpha value is -1.79. The van der Waals surface area contributed by atoms with Crippen molar-refractivity contribution in [2.24, 2.45) is 0 Å². The molecule has 0 unspecified atom stereocenters. The van der Waals surface area contributed by atoms with Crippen molar-refractivity contribution in [3.05, 3.63) is 23.8 Å². The first-order chi connectivity index (χ1) is 9.08. The highest BCUT2D eigenvalue weighted by atomic mass is 16.5. The van der Waals surface area contributed by atoms with Gasteiger partial charge in [-0.05, 0) is 24.7 Å². The summed E-state index contributed by atoms with van der Waals surface area (Å²) in [6.07, 6.45) is -1.04. The van der Waals surface area contributed by atoms with E-state index in [0.29, 0.717) is 17.1 Å². The maximum Gasteiger partial charge on any atom is 0.325 e. The number of hydrogen-bond acceptors (Lipinski definition) is 6. The Balaban J connectivity index is 3.04. The number of hydrogen-bond donors (Lipinski definition) is 2. The molecule has 0 radical (unpaired) electrons. The third-order valence-electron chi connectivity index (χ3n) is 2.83. The molecular formula is C13H19NO5. The number of aliphatic hydroxyl groups is 1. The molecule has 0 bridgehead atoms. The van der Waals surface area contributed by atoms with Crippen LogP contribution < -0.4 is 14.8 Å². The van der Waals surface area contributed by atoms with Crippen molar-refractivity contribution in [1.29, 1.82) is 0 Å². The molecule has 106 valence electrons. The second-order valence-electron chi connectivity index (χ2n) is 3.85. The number of likely N-dealkylation sites (N-methyl/N-ethyl adjacent to an activating group) is 1. The number of rotatable bonds is 6. The summed E-state index contributed by atoms with van der Waals surface area (Å²) in [5.41, 5.74) is 0.530. The predicted octanol–water partition coefficient (Wildman–Crippen LogP) is 0.498. The lowest BCUT2D eigenvalue weighted by Gasteiger charge is -2.21. The first-order valence-corrected chi connectivity index (χ1v) is 5.74. The van der Waals surface area contributed by atoms with E-state index in [1.165, 1.54) is 21.3 Å². The number of aliphatic hydroxyl groups excluding tert-OH is 1. The monoisotopic (exact) mass is 269 g/mol. The highest BCUT2D eigenvalue weighted by Gasteiger charge is 2.28. The van der Waals surface area contributed by atoms with Crippen LogP contribution in [-0.2, 0) is 9.53 Å². The molecule has 1 aromatic carbocycles. The molecule has 0 saturated carbocycles. The van der Waals surface area contributed by atoms with Crippen molar-refractivity contribution < 1.29 is 24.1 Å². The lowest BCUT2D eigenvalue weighted by atomic mass is 10.0. The van der Waals surface area contributed by atoms with Gasteiger partial charge in [-0.25, -0.2) is 0 Å². The summed E-state index contributed by atoms with van der Waals surface area (Å²) in [5, 5.41) is 12.9. The summed E-state index contributed by atoms with van der Waals surface area (Å²) in [4.78, 5) is 11.5. The number of carbonyl (C=O) groups excluding carboxylic acids is 1. The fourth-order valence-corrected chi connectivity index (χ4v) is 1.76. The summed E-state index contributed by atoms with van der Waals surface area (Å²) in [6, 6.07) is 4.11. The van der Waals surface area contributed by atoms with Crippen LogP contribution in [0.5, 0.6) is 11.5 Å². The van der Waals surface area contributed by atoms with Crippen molar-refractivity contribution in [2.45, 2.75) is 12.1 Å². The Labute approximate surface area is 112 Å². The van der Waals surface area contributed by atoms with Crippen molar-refractivity contribution in [3.63, 3.8) is 0 Å². The SMILES string of the molecule is CN[C@@H](C(=O)OC)[C@H](O)c1ccc(OC)c(OC)c1. The minimum absolute atomic E-state index is 0.485. The van der Waals surface area contributed by atoms with Crippen LogP contribution in [0.15, 0.2) is 18.2 Å². The van der Waals surface area contributed by atoms with Gasteiger partial charge in [-0.15, -0.1) is 0 Å². The van der Waals surface area contributed by atoms with E-state index in [9.17, 15) is 9.90 Å². The molecule has 6 heteroatoms. The first kappa shape index (κ1) is 15.3. The van der Waals surface area contributed by atoms with Gasteiger partial charge in [0.15, 0.2) is 11.5 Å². The number of nitrogens with one attached hydrogen (secondary N) is 1. The van der Waals surface area contributed by atoms with Gasteiger partial charge in [-0.2, -0.15) is 0 Å². The maximum atomic E-state index is 11.5. The molecule has 19 heavy (non-hydrogen) atoms. The van der Waals surface area contributed by atoms with E-state index >= 15 is 0 Å². The molecule has 1 rings (SSSR count). The number of methoxy groups -OCH3 is 3. The van der Waals surface area contributed by atoms with E-state index in [-0.39, 0.29) is 0 Å². The van der Waals surface area contributed by atoms with E-state index in [1.807, 2.05) is 0 Å². The van der Waals surface area contributed by atoms with Gasteiger partial charge in [-0.3, -0.25) is 4.79 Å². The molecule has 6 nitrogen and oxygen atoms in total. The van der Waals surface area contributed by atoms with Crippen LogP contribution in [0.4, 0.5) is 0 Å². The minimum Gasteiger partial charge on any atom is -0.493 e. The fourth-order valence-electron chi connectivity index (χ4n) is 1.76. The average molecular weight is 269 g/mol. The van der Waals surface area contributed by atoms with Crippen LogP contribution in [0.2, 0.25) is 0 Å². The van der Waals surface area contributed by atoms with Crippen LogP contribution in [0.1, 0.15) is 11.7 Å². The van der Waals surface area contributed by atoms with E-state index in [2.05, 4.69) is 10.1 Å². The van der Waals surface area contributed by atoms with Crippen LogP contribution in [0, 0.1) is 0 Å². The molecular weight excluding hydrogens is 250 g/mol. The Morgan fingerprint density at radius 2 is 1.84 bits per heavy atom. The quantitative estimate of drug-likeness (QED) is 0.732. The van der Waals surface area contributed by atoms with E-state index in [0.717, 1.165) is 0 Å². The molecule has 2 N–H and O–H groups in total. The molecule has 2 atom stereocenters. The molecule has 0 aliphatic heterocycles. The fraction of sp³-hybridized carbons (Fsp3) is 0.462. The lowest BCUT2D eigenvalue weighted by molar-refractivity contribution is -0.146. The van der Waals surface area contributed by atoms with Gasteiger partial charge >= 0.3 is 5.97 Å². The van der Waals surface area contributed by atoms with Gasteiger partial charge in [0, 0.05) is 0 Å². The summed E-state index contributed by atoms with van der Waals surface area (Å²) < 4.78 is 14.9. The summed E-state index contributed by atoms with van der Waals surface area (Å²) in [5.74, 6) is 0.501. The van der Waals surface area contributed by atoms with Crippen molar-refractivity contribution >= 4 is 5.97 Å².